The molecule has 0 spiro atoms. The van der Waals surface area contributed by atoms with E-state index in [1.807, 2.05) is 0 Å². The van der Waals surface area contributed by atoms with E-state index in [-0.39, 0.29) is 10.6 Å². The first-order chi connectivity index (χ1) is 11.3. The van der Waals surface area contributed by atoms with Gasteiger partial charge in [-0.3, -0.25) is 0 Å². The van der Waals surface area contributed by atoms with Gasteiger partial charge < -0.3 is 29.6 Å². The second-order valence-corrected chi connectivity index (χ2v) is 11.7. The highest BCUT2D eigenvalue weighted by atomic mass is 31.2. The molecule has 1 aliphatic rings. The molecule has 1 aliphatic heterocycles. The van der Waals surface area contributed by atoms with Gasteiger partial charge in [-0.1, -0.05) is 60.7 Å². The van der Waals surface area contributed by atoms with Crippen molar-refractivity contribution in [3.8, 4) is 0 Å². The molecule has 0 amide bonds. The average Bonchev–Trinajstić information content (AvgIpc) is 2.64. The predicted octanol–water partition coefficient (Wildman–Crippen LogP) is 0.651. The summed E-state index contributed by atoms with van der Waals surface area (Å²) in [5.74, 6) is -7.76. The zero-order valence-electron chi connectivity index (χ0n) is 12.6. The van der Waals surface area contributed by atoms with Crippen LogP contribution in [-0.2, 0) is 9.13 Å². The molecule has 0 saturated carbocycles. The number of benzene rings is 2. The minimum atomic E-state index is -4.02. The topological polar surface area (TPSA) is 115 Å². The fraction of sp³-hybridized carbons (Fsp3) is 0.250. The van der Waals surface area contributed by atoms with Gasteiger partial charge in [-0.2, -0.15) is 0 Å². The molecule has 128 valence electrons. The molecule has 1 fully saturated rings. The van der Waals surface area contributed by atoms with Crippen molar-refractivity contribution in [1.82, 2.24) is 0 Å². The lowest BCUT2D eigenvalue weighted by Crippen LogP contribution is -2.49. The van der Waals surface area contributed by atoms with E-state index in [4.69, 9.17) is 0 Å². The molecular weight excluding hydrogens is 350 g/mol. The first-order valence-corrected chi connectivity index (χ1v) is 11.1. The summed E-state index contributed by atoms with van der Waals surface area (Å²) in [6.45, 7) is 0. The number of hydrogen-bond acceptors (Lipinski definition) is 6. The van der Waals surface area contributed by atoms with E-state index in [0.717, 1.165) is 0 Å². The van der Waals surface area contributed by atoms with Crippen molar-refractivity contribution in [3.05, 3.63) is 60.7 Å². The molecule has 4 N–H and O–H groups in total. The lowest BCUT2D eigenvalue weighted by atomic mass is 10.4. The van der Waals surface area contributed by atoms with Crippen LogP contribution in [0.3, 0.4) is 0 Å². The summed E-state index contributed by atoms with van der Waals surface area (Å²) >= 11 is 0. The van der Waals surface area contributed by atoms with Crippen LogP contribution in [0, 0.1) is 0 Å². The normalized spacial score (nSPS) is 39.5. The predicted molar refractivity (Wildman–Crippen MR) is 91.4 cm³/mol. The van der Waals surface area contributed by atoms with Gasteiger partial charge in [0, 0.05) is 10.6 Å². The summed E-state index contributed by atoms with van der Waals surface area (Å²) in [5, 5.41) is 42.1. The lowest BCUT2D eigenvalue weighted by molar-refractivity contribution is 0.0660. The summed E-state index contributed by atoms with van der Waals surface area (Å²) in [6.07, 6.45) is 0. The maximum absolute atomic E-state index is 13.3. The number of hydrogen-bond donors (Lipinski definition) is 4. The van der Waals surface area contributed by atoms with E-state index in [9.17, 15) is 29.6 Å². The van der Waals surface area contributed by atoms with E-state index in [1.54, 1.807) is 36.4 Å². The Bertz CT molecular complexity index is 716. The monoisotopic (exact) mass is 368 g/mol. The number of aliphatic hydroxyl groups is 4. The third-order valence-electron chi connectivity index (χ3n) is 4.42. The molecule has 0 radical (unpaired) electrons. The molecule has 24 heavy (non-hydrogen) atoms. The van der Waals surface area contributed by atoms with Gasteiger partial charge in [-0.25, -0.2) is 0 Å². The zero-order valence-corrected chi connectivity index (χ0v) is 14.4. The van der Waals surface area contributed by atoms with Gasteiger partial charge in [0.15, 0.2) is 14.3 Å². The van der Waals surface area contributed by atoms with Crippen molar-refractivity contribution in [2.75, 3.05) is 0 Å². The van der Waals surface area contributed by atoms with Crippen LogP contribution >= 0.6 is 14.3 Å². The van der Waals surface area contributed by atoms with Gasteiger partial charge in [-0.05, 0) is 0 Å². The van der Waals surface area contributed by atoms with Crippen molar-refractivity contribution in [2.24, 2.45) is 0 Å². The van der Waals surface area contributed by atoms with E-state index < -0.39 is 37.7 Å². The fourth-order valence-electron chi connectivity index (χ4n) is 3.04. The lowest BCUT2D eigenvalue weighted by Gasteiger charge is -2.44. The van der Waals surface area contributed by atoms with Crippen molar-refractivity contribution in [2.45, 2.75) is 23.4 Å². The van der Waals surface area contributed by atoms with Gasteiger partial charge in [0.05, 0.1) is 0 Å². The zero-order chi connectivity index (χ0) is 17.5. The molecule has 1 saturated heterocycles. The van der Waals surface area contributed by atoms with Crippen LogP contribution in [-0.4, -0.2) is 43.8 Å². The molecule has 3 rings (SSSR count). The Morgan fingerprint density at radius 1 is 0.542 bits per heavy atom. The van der Waals surface area contributed by atoms with E-state index in [2.05, 4.69) is 0 Å². The van der Waals surface area contributed by atoms with Gasteiger partial charge in [0.1, 0.15) is 23.4 Å². The maximum Gasteiger partial charge on any atom is 0.175 e. The molecular formula is C16H18O6P2. The molecule has 0 aromatic heterocycles. The Balaban J connectivity index is 2.15. The Morgan fingerprint density at radius 3 is 1.04 bits per heavy atom. The molecule has 2 aromatic carbocycles. The van der Waals surface area contributed by atoms with Crippen LogP contribution in [0.25, 0.3) is 0 Å². The molecule has 2 aromatic rings. The molecule has 0 bridgehead atoms. The van der Waals surface area contributed by atoms with Crippen molar-refractivity contribution in [1.29, 1.82) is 0 Å². The second kappa shape index (κ2) is 6.23. The largest absolute Gasteiger partial charge is 0.382 e. The minimum absolute atomic E-state index is 0.113. The van der Waals surface area contributed by atoms with E-state index in [0.29, 0.717) is 0 Å². The standard InChI is InChI=1S/C16H18O6P2/c17-13-15(19)24(22,12-9-5-2-6-10-12)16(20)14(18)23(13,21)11-7-3-1-4-8-11/h1-10,13-20H. The van der Waals surface area contributed by atoms with Crippen molar-refractivity contribution in [3.63, 3.8) is 0 Å². The number of rotatable bonds is 2. The van der Waals surface area contributed by atoms with Gasteiger partial charge in [0.2, 0.25) is 0 Å². The van der Waals surface area contributed by atoms with Crippen LogP contribution in [0.4, 0.5) is 0 Å². The highest BCUT2D eigenvalue weighted by Gasteiger charge is 2.62. The van der Waals surface area contributed by atoms with Crippen molar-refractivity contribution < 1.29 is 29.6 Å². The minimum Gasteiger partial charge on any atom is -0.382 e. The van der Waals surface area contributed by atoms with Gasteiger partial charge in [0.25, 0.3) is 0 Å². The highest BCUT2D eigenvalue weighted by molar-refractivity contribution is 7.80. The Hall–Kier alpha value is -1.26. The summed E-state index contributed by atoms with van der Waals surface area (Å²) < 4.78 is 26.6. The molecule has 1 heterocycles. The Kier molecular flexibility index (Phi) is 4.56. The third-order valence-corrected chi connectivity index (χ3v) is 11.4. The molecule has 4 unspecified atom stereocenters. The summed E-state index contributed by atoms with van der Waals surface area (Å²) in [4.78, 5) is 0. The molecule has 0 aliphatic carbocycles. The smallest absolute Gasteiger partial charge is 0.175 e. The number of aliphatic hydroxyl groups excluding tert-OH is 4. The SMILES string of the molecule is O=P1(c2ccccc2)C(O)C(O)P(=O)(c2ccccc2)C(O)C1O. The van der Waals surface area contributed by atoms with Crippen LogP contribution in [0.1, 0.15) is 0 Å². The molecule has 8 heteroatoms. The highest BCUT2D eigenvalue weighted by Crippen LogP contribution is 2.71. The second-order valence-electron chi connectivity index (χ2n) is 5.74. The van der Waals surface area contributed by atoms with Crippen LogP contribution < -0.4 is 10.6 Å². The summed E-state index contributed by atoms with van der Waals surface area (Å²) in [6, 6.07) is 15.3. The molecule has 6 nitrogen and oxygen atoms in total. The van der Waals surface area contributed by atoms with Crippen molar-refractivity contribution >= 4 is 24.9 Å². The quantitative estimate of drug-likeness (QED) is 0.579. The fourth-order valence-corrected chi connectivity index (χ4v) is 10.1. The van der Waals surface area contributed by atoms with Crippen LogP contribution in [0.2, 0.25) is 0 Å². The van der Waals surface area contributed by atoms with E-state index in [1.165, 1.54) is 24.3 Å². The van der Waals surface area contributed by atoms with E-state index >= 15 is 0 Å². The van der Waals surface area contributed by atoms with Crippen LogP contribution in [0.5, 0.6) is 0 Å². The third kappa shape index (κ3) is 2.34. The first-order valence-electron chi connectivity index (χ1n) is 7.37. The van der Waals surface area contributed by atoms with Gasteiger partial charge >= 0.3 is 0 Å². The summed E-state index contributed by atoms with van der Waals surface area (Å²) in [5.41, 5.74) is 0. The average molecular weight is 368 g/mol. The Labute approximate surface area is 139 Å². The van der Waals surface area contributed by atoms with Gasteiger partial charge in [-0.15, -0.1) is 0 Å². The van der Waals surface area contributed by atoms with Crippen LogP contribution in [0.15, 0.2) is 60.7 Å². The first kappa shape index (κ1) is 17.6. The Morgan fingerprint density at radius 2 is 0.792 bits per heavy atom. The maximum atomic E-state index is 13.3. The summed E-state index contributed by atoms with van der Waals surface area (Å²) in [7, 11) is -8.04. The molecule has 4 atom stereocenters.